The molecule has 0 aliphatic carbocycles. The van der Waals surface area contributed by atoms with Gasteiger partial charge in [0.2, 0.25) is 0 Å². The molecule has 0 spiro atoms. The maximum Gasteiger partial charge on any atom is 0.267 e. The van der Waals surface area contributed by atoms with Crippen molar-refractivity contribution in [2.75, 3.05) is 19.8 Å². The monoisotopic (exact) mass is 357 g/mol. The van der Waals surface area contributed by atoms with Crippen molar-refractivity contribution in [1.29, 1.82) is 0 Å². The van der Waals surface area contributed by atoms with Gasteiger partial charge in [-0.05, 0) is 25.1 Å². The van der Waals surface area contributed by atoms with Gasteiger partial charge in [0.15, 0.2) is 0 Å². The van der Waals surface area contributed by atoms with Crippen LogP contribution in [0.4, 0.5) is 0 Å². The van der Waals surface area contributed by atoms with E-state index in [2.05, 4.69) is 4.98 Å². The number of halogens is 2. The van der Waals surface area contributed by atoms with Gasteiger partial charge < -0.3 is 19.2 Å². The summed E-state index contributed by atoms with van der Waals surface area (Å²) in [5.74, 6) is 1.28. The molecule has 0 aliphatic rings. The first kappa shape index (κ1) is 17.7. The van der Waals surface area contributed by atoms with Gasteiger partial charge in [-0.2, -0.15) is 0 Å². The Kier molecular flexibility index (Phi) is 6.77. The van der Waals surface area contributed by atoms with Crippen molar-refractivity contribution in [2.24, 2.45) is 0 Å². The van der Waals surface area contributed by atoms with Crippen LogP contribution in [0.2, 0.25) is 10.0 Å². The van der Waals surface area contributed by atoms with Gasteiger partial charge in [0.1, 0.15) is 29.7 Å². The average molecular weight is 358 g/mol. The lowest BCUT2D eigenvalue weighted by Gasteiger charge is -2.10. The Bertz CT molecular complexity index is 703. The summed E-state index contributed by atoms with van der Waals surface area (Å²) in [4.78, 5) is 14.1. The lowest BCUT2D eigenvalue weighted by molar-refractivity contribution is 0.110. The predicted octanol–water partition coefficient (Wildman–Crippen LogP) is 3.68. The number of pyridine rings is 1. The molecule has 7 heteroatoms. The minimum Gasteiger partial charge on any atom is -0.491 e. The summed E-state index contributed by atoms with van der Waals surface area (Å²) in [5, 5.41) is 0.391. The fraction of sp³-hybridized carbons (Fsp3) is 0.312. The van der Waals surface area contributed by atoms with Gasteiger partial charge in [0, 0.05) is 12.7 Å². The van der Waals surface area contributed by atoms with Crippen molar-refractivity contribution in [3.05, 3.63) is 56.4 Å². The number of hydrogen-bond donors (Lipinski definition) is 1. The normalized spacial score (nSPS) is 10.6. The standard InChI is InChI=1S/C16H17Cl2NO4/c1-2-21-6-7-22-11-4-3-5-12(8-11)23-10-15-13(17)9-14(18)16(20)19-15/h3-5,8-9H,2,6-7,10H2,1H3,(H,19,20). The number of H-pyrrole nitrogens is 1. The molecular formula is C16H17Cl2NO4. The molecule has 0 atom stereocenters. The first-order chi connectivity index (χ1) is 11.1. The van der Waals surface area contributed by atoms with Crippen molar-refractivity contribution in [3.63, 3.8) is 0 Å². The summed E-state index contributed by atoms with van der Waals surface area (Å²) >= 11 is 11.7. The Hall–Kier alpha value is -1.69. The van der Waals surface area contributed by atoms with E-state index in [4.69, 9.17) is 37.4 Å². The zero-order chi connectivity index (χ0) is 16.7. The summed E-state index contributed by atoms with van der Waals surface area (Å²) in [7, 11) is 0. The van der Waals surface area contributed by atoms with Crippen LogP contribution in [0.25, 0.3) is 0 Å². The van der Waals surface area contributed by atoms with Crippen molar-refractivity contribution >= 4 is 23.2 Å². The first-order valence-electron chi connectivity index (χ1n) is 7.10. The number of ether oxygens (including phenoxy) is 3. The lowest BCUT2D eigenvalue weighted by atomic mass is 10.3. The van der Waals surface area contributed by atoms with Gasteiger partial charge in [-0.25, -0.2) is 0 Å². The zero-order valence-electron chi connectivity index (χ0n) is 12.6. The van der Waals surface area contributed by atoms with Gasteiger partial charge in [0.25, 0.3) is 5.56 Å². The highest BCUT2D eigenvalue weighted by molar-refractivity contribution is 6.34. The largest absolute Gasteiger partial charge is 0.491 e. The van der Waals surface area contributed by atoms with Gasteiger partial charge in [0.05, 0.1) is 17.3 Å². The molecule has 23 heavy (non-hydrogen) atoms. The molecule has 0 saturated carbocycles. The summed E-state index contributed by atoms with van der Waals surface area (Å²) in [6.45, 7) is 3.71. The van der Waals surface area contributed by atoms with Gasteiger partial charge in [-0.3, -0.25) is 4.79 Å². The molecule has 1 N–H and O–H groups in total. The SMILES string of the molecule is CCOCCOc1cccc(OCc2[nH]c(=O)c(Cl)cc2Cl)c1. The average Bonchev–Trinajstić information content (AvgIpc) is 2.54. The fourth-order valence-electron chi connectivity index (χ4n) is 1.80. The number of aromatic nitrogens is 1. The van der Waals surface area contributed by atoms with Crippen LogP contribution < -0.4 is 15.0 Å². The Morgan fingerprint density at radius 3 is 2.52 bits per heavy atom. The van der Waals surface area contributed by atoms with E-state index in [0.29, 0.717) is 42.0 Å². The third-order valence-electron chi connectivity index (χ3n) is 2.91. The second-order valence-corrected chi connectivity index (χ2v) is 5.40. The molecule has 0 bridgehead atoms. The van der Waals surface area contributed by atoms with Crippen molar-refractivity contribution < 1.29 is 14.2 Å². The van der Waals surface area contributed by atoms with Crippen molar-refractivity contribution in [1.82, 2.24) is 4.98 Å². The second-order valence-electron chi connectivity index (χ2n) is 4.58. The minimum atomic E-state index is -0.400. The molecule has 2 aromatic rings. The van der Waals surface area contributed by atoms with Crippen molar-refractivity contribution in [3.8, 4) is 11.5 Å². The van der Waals surface area contributed by atoms with Crippen LogP contribution in [0.5, 0.6) is 11.5 Å². The highest BCUT2D eigenvalue weighted by atomic mass is 35.5. The Morgan fingerprint density at radius 2 is 1.78 bits per heavy atom. The number of benzene rings is 1. The van der Waals surface area contributed by atoms with Crippen LogP contribution in [0, 0.1) is 0 Å². The third-order valence-corrected chi connectivity index (χ3v) is 3.53. The van der Waals surface area contributed by atoms with Gasteiger partial charge in [-0.15, -0.1) is 0 Å². The van der Waals surface area contributed by atoms with E-state index in [-0.39, 0.29) is 11.6 Å². The van der Waals surface area contributed by atoms with E-state index in [1.165, 1.54) is 6.07 Å². The van der Waals surface area contributed by atoms with Gasteiger partial charge in [-0.1, -0.05) is 29.3 Å². The molecule has 0 radical (unpaired) electrons. The summed E-state index contributed by atoms with van der Waals surface area (Å²) in [6, 6.07) is 8.59. The van der Waals surface area contributed by atoms with Crippen LogP contribution in [0.15, 0.2) is 35.1 Å². The Morgan fingerprint density at radius 1 is 1.04 bits per heavy atom. The van der Waals surface area contributed by atoms with E-state index in [1.807, 2.05) is 19.1 Å². The molecule has 2 rings (SSSR count). The smallest absolute Gasteiger partial charge is 0.267 e. The van der Waals surface area contributed by atoms with E-state index in [0.717, 1.165) is 0 Å². The predicted molar refractivity (Wildman–Crippen MR) is 89.8 cm³/mol. The molecule has 0 unspecified atom stereocenters. The summed E-state index contributed by atoms with van der Waals surface area (Å²) in [5.41, 5.74) is 0.0615. The van der Waals surface area contributed by atoms with Gasteiger partial charge >= 0.3 is 0 Å². The topological polar surface area (TPSA) is 60.6 Å². The minimum absolute atomic E-state index is 0.0449. The van der Waals surface area contributed by atoms with Crippen LogP contribution in [0.3, 0.4) is 0 Å². The van der Waals surface area contributed by atoms with Crippen LogP contribution in [-0.4, -0.2) is 24.8 Å². The molecule has 1 aromatic heterocycles. The molecule has 0 saturated heterocycles. The Labute approximate surface area is 144 Å². The molecule has 0 fully saturated rings. The lowest BCUT2D eigenvalue weighted by Crippen LogP contribution is -2.11. The second kappa shape index (κ2) is 8.82. The molecule has 124 valence electrons. The van der Waals surface area contributed by atoms with E-state index in [1.54, 1.807) is 12.1 Å². The van der Waals surface area contributed by atoms with E-state index < -0.39 is 5.56 Å². The highest BCUT2D eigenvalue weighted by Crippen LogP contribution is 2.22. The maximum absolute atomic E-state index is 11.5. The summed E-state index contributed by atoms with van der Waals surface area (Å²) < 4.78 is 16.4. The van der Waals surface area contributed by atoms with E-state index in [9.17, 15) is 4.79 Å². The van der Waals surface area contributed by atoms with Crippen LogP contribution in [0.1, 0.15) is 12.6 Å². The highest BCUT2D eigenvalue weighted by Gasteiger charge is 2.07. The van der Waals surface area contributed by atoms with E-state index >= 15 is 0 Å². The number of nitrogens with one attached hydrogen (secondary N) is 1. The molecule has 1 heterocycles. The molecule has 1 aromatic carbocycles. The molecule has 5 nitrogen and oxygen atoms in total. The number of hydrogen-bond acceptors (Lipinski definition) is 4. The fourth-order valence-corrected chi connectivity index (χ4v) is 2.22. The van der Waals surface area contributed by atoms with Crippen LogP contribution in [-0.2, 0) is 11.3 Å². The quantitative estimate of drug-likeness (QED) is 0.732. The molecule has 0 aliphatic heterocycles. The molecular weight excluding hydrogens is 341 g/mol. The zero-order valence-corrected chi connectivity index (χ0v) is 14.1. The summed E-state index contributed by atoms with van der Waals surface area (Å²) in [6.07, 6.45) is 0. The molecule has 0 amide bonds. The Balaban J connectivity index is 1.95. The first-order valence-corrected chi connectivity index (χ1v) is 7.86. The maximum atomic E-state index is 11.5. The number of aromatic amines is 1. The third kappa shape index (κ3) is 5.46. The van der Waals surface area contributed by atoms with Crippen molar-refractivity contribution in [2.45, 2.75) is 13.5 Å². The number of rotatable bonds is 8. The van der Waals surface area contributed by atoms with Crippen LogP contribution >= 0.6 is 23.2 Å².